The van der Waals surface area contributed by atoms with Crippen molar-refractivity contribution >= 4 is 15.7 Å². The van der Waals surface area contributed by atoms with Crippen molar-refractivity contribution in [1.29, 1.82) is 0 Å². The third-order valence-electron chi connectivity index (χ3n) is 3.51. The van der Waals surface area contributed by atoms with E-state index in [-0.39, 0.29) is 16.3 Å². The fourth-order valence-corrected chi connectivity index (χ4v) is 3.31. The lowest BCUT2D eigenvalue weighted by atomic mass is 10.0. The Morgan fingerprint density at radius 1 is 1.00 bits per heavy atom. The average Bonchev–Trinajstić information content (AvgIpc) is 2.55. The summed E-state index contributed by atoms with van der Waals surface area (Å²) in [5.74, 6) is -0.271. The molecule has 0 spiro atoms. The van der Waals surface area contributed by atoms with E-state index in [1.165, 1.54) is 24.5 Å². The number of benzene rings is 2. The lowest BCUT2D eigenvalue weighted by molar-refractivity contribution is 0.602. The zero-order valence-corrected chi connectivity index (χ0v) is 13.6. The van der Waals surface area contributed by atoms with Crippen LogP contribution in [0.4, 0.5) is 10.2 Å². The van der Waals surface area contributed by atoms with Crippen LogP contribution in [0, 0.1) is 5.82 Å². The number of sulfone groups is 1. The fraction of sp³-hybridized carbons (Fsp3) is 0.0588. The van der Waals surface area contributed by atoms with E-state index in [0.717, 1.165) is 6.26 Å². The summed E-state index contributed by atoms with van der Waals surface area (Å²) in [5.41, 5.74) is 7.02. The highest BCUT2D eigenvalue weighted by Crippen LogP contribution is 2.30. The normalized spacial score (nSPS) is 11.4. The van der Waals surface area contributed by atoms with Gasteiger partial charge in [0, 0.05) is 17.4 Å². The van der Waals surface area contributed by atoms with E-state index in [9.17, 15) is 12.8 Å². The van der Waals surface area contributed by atoms with Crippen molar-refractivity contribution in [3.63, 3.8) is 0 Å². The lowest BCUT2D eigenvalue weighted by Crippen LogP contribution is -2.00. The Balaban J connectivity index is 2.10. The number of halogens is 1. The molecule has 122 valence electrons. The fourth-order valence-electron chi connectivity index (χ4n) is 2.40. The minimum Gasteiger partial charge on any atom is -0.382 e. The molecule has 2 N–H and O–H groups in total. The Morgan fingerprint density at radius 2 is 1.75 bits per heavy atom. The van der Waals surface area contributed by atoms with Crippen molar-refractivity contribution in [2.24, 2.45) is 0 Å². The molecular formula is C17H14FN3O2S. The topological polar surface area (TPSA) is 85.9 Å². The molecule has 0 saturated carbocycles. The third-order valence-corrected chi connectivity index (χ3v) is 4.67. The van der Waals surface area contributed by atoms with Gasteiger partial charge in [0.05, 0.1) is 23.0 Å². The Hall–Kier alpha value is -2.80. The number of hydrogen-bond acceptors (Lipinski definition) is 5. The van der Waals surface area contributed by atoms with E-state index >= 15 is 0 Å². The van der Waals surface area contributed by atoms with E-state index in [0.29, 0.717) is 16.8 Å². The van der Waals surface area contributed by atoms with Crippen molar-refractivity contribution in [1.82, 2.24) is 9.97 Å². The van der Waals surface area contributed by atoms with Gasteiger partial charge in [-0.3, -0.25) is 4.98 Å². The molecular weight excluding hydrogens is 329 g/mol. The van der Waals surface area contributed by atoms with Crippen molar-refractivity contribution < 1.29 is 12.8 Å². The number of nitrogens with zero attached hydrogens (tertiary/aromatic N) is 2. The van der Waals surface area contributed by atoms with Gasteiger partial charge in [0.1, 0.15) is 11.6 Å². The summed E-state index contributed by atoms with van der Waals surface area (Å²) in [6.45, 7) is 0. The second kappa shape index (κ2) is 6.01. The predicted molar refractivity (Wildman–Crippen MR) is 90.4 cm³/mol. The van der Waals surface area contributed by atoms with Crippen LogP contribution in [0.15, 0.2) is 59.8 Å². The van der Waals surface area contributed by atoms with Crippen LogP contribution in [0.25, 0.3) is 22.4 Å². The zero-order chi connectivity index (χ0) is 17.3. The first-order valence-corrected chi connectivity index (χ1v) is 8.92. The van der Waals surface area contributed by atoms with Gasteiger partial charge in [0.15, 0.2) is 9.84 Å². The molecule has 7 heteroatoms. The highest BCUT2D eigenvalue weighted by atomic mass is 32.2. The summed E-state index contributed by atoms with van der Waals surface area (Å²) in [5, 5.41) is 0. The average molecular weight is 343 g/mol. The van der Waals surface area contributed by atoms with Crippen molar-refractivity contribution in [3.05, 3.63) is 60.7 Å². The van der Waals surface area contributed by atoms with Crippen LogP contribution in [0.1, 0.15) is 0 Å². The Kier molecular flexibility index (Phi) is 4.02. The maximum atomic E-state index is 14.5. The van der Waals surface area contributed by atoms with Crippen LogP contribution in [0.3, 0.4) is 0 Å². The highest BCUT2D eigenvalue weighted by Gasteiger charge is 2.16. The highest BCUT2D eigenvalue weighted by molar-refractivity contribution is 7.90. The van der Waals surface area contributed by atoms with Crippen LogP contribution in [-0.2, 0) is 9.84 Å². The van der Waals surface area contributed by atoms with Gasteiger partial charge in [-0.05, 0) is 23.8 Å². The Bertz CT molecular complexity index is 1000. The number of nitrogens with two attached hydrogens (primary N) is 1. The van der Waals surface area contributed by atoms with Gasteiger partial charge < -0.3 is 5.73 Å². The number of aromatic nitrogens is 2. The number of hydrogen-bond donors (Lipinski definition) is 1. The molecule has 5 nitrogen and oxygen atoms in total. The predicted octanol–water partition coefficient (Wildman–Crippen LogP) is 2.94. The molecule has 3 rings (SSSR count). The largest absolute Gasteiger partial charge is 0.382 e. The number of rotatable bonds is 3. The standard InChI is InChI=1S/C17H14FN3O2S/c1-24(22,23)16-5-3-2-4-12(16)11-6-7-13(14(18)8-11)15-9-21-17(19)10-20-15/h2-10H,1H3,(H2,19,21). The van der Waals surface area contributed by atoms with Crippen LogP contribution in [0.2, 0.25) is 0 Å². The lowest BCUT2D eigenvalue weighted by Gasteiger charge is -2.10. The first-order valence-electron chi connectivity index (χ1n) is 7.03. The maximum absolute atomic E-state index is 14.5. The van der Waals surface area contributed by atoms with Crippen LogP contribution >= 0.6 is 0 Å². The quantitative estimate of drug-likeness (QED) is 0.790. The summed E-state index contributed by atoms with van der Waals surface area (Å²) >= 11 is 0. The molecule has 0 saturated heterocycles. The molecule has 0 radical (unpaired) electrons. The molecule has 0 aliphatic rings. The van der Waals surface area contributed by atoms with E-state index in [1.54, 1.807) is 30.3 Å². The third kappa shape index (κ3) is 3.11. The molecule has 0 aliphatic heterocycles. The number of nitrogen functional groups attached to an aromatic ring is 1. The monoisotopic (exact) mass is 343 g/mol. The molecule has 0 atom stereocenters. The van der Waals surface area contributed by atoms with Gasteiger partial charge >= 0.3 is 0 Å². The maximum Gasteiger partial charge on any atom is 0.176 e. The molecule has 0 aliphatic carbocycles. The van der Waals surface area contributed by atoms with E-state index < -0.39 is 15.7 Å². The SMILES string of the molecule is CS(=O)(=O)c1ccccc1-c1ccc(-c2cnc(N)cn2)c(F)c1. The Labute approximate surface area is 138 Å². The molecule has 1 aromatic heterocycles. The zero-order valence-electron chi connectivity index (χ0n) is 12.8. The summed E-state index contributed by atoms with van der Waals surface area (Å²) < 4.78 is 38.3. The van der Waals surface area contributed by atoms with Gasteiger partial charge in [-0.15, -0.1) is 0 Å². The molecule has 1 heterocycles. The van der Waals surface area contributed by atoms with Gasteiger partial charge in [-0.1, -0.05) is 24.3 Å². The summed E-state index contributed by atoms with van der Waals surface area (Å²) in [6.07, 6.45) is 3.86. The molecule has 0 unspecified atom stereocenters. The second-order valence-electron chi connectivity index (χ2n) is 5.29. The van der Waals surface area contributed by atoms with Crippen LogP contribution in [0.5, 0.6) is 0 Å². The van der Waals surface area contributed by atoms with Gasteiger partial charge in [-0.2, -0.15) is 0 Å². The van der Waals surface area contributed by atoms with Gasteiger partial charge in [0.2, 0.25) is 0 Å². The van der Waals surface area contributed by atoms with E-state index in [2.05, 4.69) is 9.97 Å². The molecule has 0 bridgehead atoms. The summed E-state index contributed by atoms with van der Waals surface area (Å²) in [7, 11) is -3.42. The smallest absolute Gasteiger partial charge is 0.176 e. The van der Waals surface area contributed by atoms with Gasteiger partial charge in [-0.25, -0.2) is 17.8 Å². The van der Waals surface area contributed by atoms with Crippen LogP contribution in [-0.4, -0.2) is 24.6 Å². The van der Waals surface area contributed by atoms with Crippen molar-refractivity contribution in [3.8, 4) is 22.4 Å². The molecule has 3 aromatic rings. The number of anilines is 1. The minimum atomic E-state index is -3.42. The summed E-state index contributed by atoms with van der Waals surface area (Å²) in [6, 6.07) is 11.0. The van der Waals surface area contributed by atoms with Gasteiger partial charge in [0.25, 0.3) is 0 Å². The molecule has 2 aromatic carbocycles. The van der Waals surface area contributed by atoms with Crippen molar-refractivity contribution in [2.45, 2.75) is 4.90 Å². The molecule has 0 amide bonds. The van der Waals surface area contributed by atoms with Crippen LogP contribution < -0.4 is 5.73 Å². The first kappa shape index (κ1) is 16.1. The first-order chi connectivity index (χ1) is 11.4. The van der Waals surface area contributed by atoms with Crippen molar-refractivity contribution in [2.75, 3.05) is 12.0 Å². The minimum absolute atomic E-state index is 0.157. The second-order valence-corrected chi connectivity index (χ2v) is 7.27. The summed E-state index contributed by atoms with van der Waals surface area (Å²) in [4.78, 5) is 8.09. The van der Waals surface area contributed by atoms with E-state index in [1.807, 2.05) is 0 Å². The molecule has 24 heavy (non-hydrogen) atoms. The van der Waals surface area contributed by atoms with E-state index in [4.69, 9.17) is 5.73 Å². The Morgan fingerprint density at radius 3 is 2.38 bits per heavy atom. The molecule has 0 fully saturated rings.